The molecule has 3 rings (SSSR count). The van der Waals surface area contributed by atoms with Crippen LogP contribution in [0.2, 0.25) is 5.02 Å². The van der Waals surface area contributed by atoms with Crippen LogP contribution >= 0.6 is 27.5 Å². The molecule has 21 heavy (non-hydrogen) atoms. The Morgan fingerprint density at radius 3 is 2.81 bits per heavy atom. The van der Waals surface area contributed by atoms with E-state index in [0.29, 0.717) is 32.3 Å². The highest BCUT2D eigenvalue weighted by Crippen LogP contribution is 2.32. The topological polar surface area (TPSA) is 69.6 Å². The summed E-state index contributed by atoms with van der Waals surface area (Å²) in [4.78, 5) is 0. The molecule has 8 heteroatoms. The van der Waals surface area contributed by atoms with Crippen LogP contribution in [0.5, 0.6) is 0 Å². The second kappa shape index (κ2) is 5.42. The highest BCUT2D eigenvalue weighted by Gasteiger charge is 2.16. The van der Waals surface area contributed by atoms with E-state index in [2.05, 4.69) is 31.5 Å². The lowest BCUT2D eigenvalue weighted by atomic mass is 10.1. The second-order valence-corrected chi connectivity index (χ2v) is 5.47. The molecule has 0 unspecified atom stereocenters. The van der Waals surface area contributed by atoms with Gasteiger partial charge in [-0.1, -0.05) is 17.7 Å². The van der Waals surface area contributed by atoms with Crippen LogP contribution in [0.1, 0.15) is 0 Å². The van der Waals surface area contributed by atoms with Gasteiger partial charge in [-0.25, -0.2) is 4.39 Å². The van der Waals surface area contributed by atoms with Crippen LogP contribution in [-0.2, 0) is 0 Å². The van der Waals surface area contributed by atoms with Crippen molar-refractivity contribution < 1.29 is 4.39 Å². The van der Waals surface area contributed by atoms with E-state index in [9.17, 15) is 4.39 Å². The normalized spacial score (nSPS) is 10.8. The van der Waals surface area contributed by atoms with E-state index >= 15 is 0 Å². The fourth-order valence-corrected chi connectivity index (χ4v) is 2.60. The highest BCUT2D eigenvalue weighted by molar-refractivity contribution is 9.10. The molecule has 0 aliphatic carbocycles. The molecule has 0 saturated heterocycles. The van der Waals surface area contributed by atoms with Gasteiger partial charge >= 0.3 is 0 Å². The third-order valence-corrected chi connectivity index (χ3v) is 3.87. The Hall–Kier alpha value is -1.99. The minimum absolute atomic E-state index is 0.359. The number of nitrogen functional groups attached to an aromatic ring is 1. The largest absolute Gasteiger partial charge is 0.397 e. The summed E-state index contributed by atoms with van der Waals surface area (Å²) in [6.07, 6.45) is 0. The number of para-hydroxylation sites is 1. The van der Waals surface area contributed by atoms with Gasteiger partial charge in [0.25, 0.3) is 0 Å². The lowest BCUT2D eigenvalue weighted by molar-refractivity contribution is 0.625. The maximum absolute atomic E-state index is 13.2. The molecule has 2 aromatic carbocycles. The van der Waals surface area contributed by atoms with Crippen molar-refractivity contribution in [2.24, 2.45) is 0 Å². The van der Waals surface area contributed by atoms with Crippen molar-refractivity contribution in [1.29, 1.82) is 0 Å². The number of aromatic nitrogens is 4. The summed E-state index contributed by atoms with van der Waals surface area (Å²) in [5, 5.41) is 12.0. The number of nitrogens with two attached hydrogens (primary N) is 1. The van der Waals surface area contributed by atoms with E-state index < -0.39 is 0 Å². The molecule has 0 spiro atoms. The van der Waals surface area contributed by atoms with Gasteiger partial charge in [-0.15, -0.1) is 5.10 Å². The van der Waals surface area contributed by atoms with Crippen molar-refractivity contribution in [3.8, 4) is 17.1 Å². The number of anilines is 1. The number of hydrogen-bond donors (Lipinski definition) is 1. The molecule has 1 heterocycles. The van der Waals surface area contributed by atoms with Gasteiger partial charge in [0.15, 0.2) is 5.82 Å². The van der Waals surface area contributed by atoms with Gasteiger partial charge in [0.05, 0.1) is 16.4 Å². The summed E-state index contributed by atoms with van der Waals surface area (Å²) in [6, 6.07) is 9.44. The second-order valence-electron chi connectivity index (χ2n) is 4.21. The number of nitrogens with zero attached hydrogens (tertiary/aromatic N) is 4. The average molecular weight is 369 g/mol. The summed E-state index contributed by atoms with van der Waals surface area (Å²) < 4.78 is 15.2. The minimum Gasteiger partial charge on any atom is -0.397 e. The highest BCUT2D eigenvalue weighted by atomic mass is 79.9. The number of halogens is 3. The van der Waals surface area contributed by atoms with Crippen LogP contribution in [0, 0.1) is 5.82 Å². The zero-order chi connectivity index (χ0) is 15.0. The predicted molar refractivity (Wildman–Crippen MR) is 81.7 cm³/mol. The van der Waals surface area contributed by atoms with Crippen molar-refractivity contribution >= 4 is 33.2 Å². The summed E-state index contributed by atoms with van der Waals surface area (Å²) in [7, 11) is 0. The molecule has 0 aliphatic rings. The lowest BCUT2D eigenvalue weighted by Crippen LogP contribution is -2.03. The summed E-state index contributed by atoms with van der Waals surface area (Å²) in [5.74, 6) is 0.0600. The fraction of sp³-hybridized carbons (Fsp3) is 0. The smallest absolute Gasteiger partial charge is 0.189 e. The van der Waals surface area contributed by atoms with Gasteiger partial charge in [0.1, 0.15) is 5.82 Å². The Labute approximate surface area is 132 Å². The third kappa shape index (κ3) is 2.50. The van der Waals surface area contributed by atoms with E-state index in [-0.39, 0.29) is 5.82 Å². The Morgan fingerprint density at radius 1 is 1.24 bits per heavy atom. The molecular formula is C13H8BrClFN5. The van der Waals surface area contributed by atoms with Crippen molar-refractivity contribution in [1.82, 2.24) is 20.2 Å². The van der Waals surface area contributed by atoms with Gasteiger partial charge in [-0.3, -0.25) is 0 Å². The molecule has 0 aliphatic heterocycles. The van der Waals surface area contributed by atoms with Crippen molar-refractivity contribution in [2.45, 2.75) is 0 Å². The Kier molecular flexibility index (Phi) is 3.60. The fourth-order valence-electron chi connectivity index (χ4n) is 1.90. The van der Waals surface area contributed by atoms with Gasteiger partial charge in [-0.2, -0.15) is 4.68 Å². The van der Waals surface area contributed by atoms with E-state index in [1.165, 1.54) is 16.8 Å². The number of tetrazole rings is 1. The molecule has 5 nitrogen and oxygen atoms in total. The predicted octanol–water partition coefficient (Wildman–Crippen LogP) is 3.47. The van der Waals surface area contributed by atoms with Crippen LogP contribution in [-0.4, -0.2) is 20.2 Å². The monoisotopic (exact) mass is 367 g/mol. The molecule has 0 fully saturated rings. The molecule has 106 valence electrons. The Balaban J connectivity index is 2.20. The van der Waals surface area contributed by atoms with E-state index in [1.54, 1.807) is 24.3 Å². The molecule has 3 aromatic rings. The van der Waals surface area contributed by atoms with Crippen LogP contribution in [0.4, 0.5) is 10.1 Å². The maximum Gasteiger partial charge on any atom is 0.189 e. The molecule has 1 aromatic heterocycles. The maximum atomic E-state index is 13.2. The summed E-state index contributed by atoms with van der Waals surface area (Å²) >= 11 is 9.31. The first-order chi connectivity index (χ1) is 10.1. The van der Waals surface area contributed by atoms with Gasteiger partial charge in [0, 0.05) is 10.0 Å². The van der Waals surface area contributed by atoms with Crippen molar-refractivity contribution in [2.75, 3.05) is 5.73 Å². The minimum atomic E-state index is -0.359. The molecule has 0 amide bonds. The van der Waals surface area contributed by atoms with E-state index in [4.69, 9.17) is 17.3 Å². The van der Waals surface area contributed by atoms with Gasteiger partial charge in [0.2, 0.25) is 0 Å². The van der Waals surface area contributed by atoms with Crippen molar-refractivity contribution in [3.63, 3.8) is 0 Å². The zero-order valence-corrected chi connectivity index (χ0v) is 12.8. The molecular weight excluding hydrogens is 361 g/mol. The number of rotatable bonds is 2. The molecule has 0 radical (unpaired) electrons. The number of benzene rings is 2. The Bertz CT molecular complexity index is 820. The first kappa shape index (κ1) is 14.0. The zero-order valence-electron chi connectivity index (χ0n) is 10.5. The number of hydrogen-bond acceptors (Lipinski definition) is 4. The lowest BCUT2D eigenvalue weighted by Gasteiger charge is -2.09. The van der Waals surface area contributed by atoms with Gasteiger partial charge in [-0.05, 0) is 56.7 Å². The van der Waals surface area contributed by atoms with Crippen LogP contribution in [0.25, 0.3) is 17.1 Å². The SMILES string of the molecule is Nc1c(Cl)cccc1-c1nnnn1-c1ccc(F)cc1Br. The van der Waals surface area contributed by atoms with E-state index in [1.807, 2.05) is 0 Å². The first-order valence-electron chi connectivity index (χ1n) is 5.86. The average Bonchev–Trinajstić information content (AvgIpc) is 2.91. The first-order valence-corrected chi connectivity index (χ1v) is 7.03. The van der Waals surface area contributed by atoms with Crippen LogP contribution < -0.4 is 5.73 Å². The molecule has 0 atom stereocenters. The summed E-state index contributed by atoms with van der Waals surface area (Å²) in [5.41, 5.74) is 7.55. The standard InChI is InChI=1S/C13H8BrClFN5/c14-9-6-7(16)4-5-11(9)21-13(18-19-20-21)8-2-1-3-10(15)12(8)17/h1-6H,17H2. The molecule has 2 N–H and O–H groups in total. The van der Waals surface area contributed by atoms with Crippen molar-refractivity contribution in [3.05, 3.63) is 51.7 Å². The van der Waals surface area contributed by atoms with Gasteiger partial charge < -0.3 is 5.73 Å². The molecule has 0 bridgehead atoms. The van der Waals surface area contributed by atoms with Crippen LogP contribution in [0.15, 0.2) is 40.9 Å². The molecule has 0 saturated carbocycles. The van der Waals surface area contributed by atoms with Crippen LogP contribution in [0.3, 0.4) is 0 Å². The third-order valence-electron chi connectivity index (χ3n) is 2.90. The van der Waals surface area contributed by atoms with E-state index in [0.717, 1.165) is 0 Å². The summed E-state index contributed by atoms with van der Waals surface area (Å²) in [6.45, 7) is 0. The quantitative estimate of drug-likeness (QED) is 0.703. The Morgan fingerprint density at radius 2 is 2.05 bits per heavy atom.